The number of aliphatic hydroxyl groups excluding tert-OH is 1. The molecule has 2 aromatic carbocycles. The Labute approximate surface area is 131 Å². The second kappa shape index (κ2) is 6.91. The number of hydrogen-bond donors (Lipinski definition) is 1. The van der Waals surface area contributed by atoms with Crippen LogP contribution in [0.1, 0.15) is 17.2 Å². The van der Waals surface area contributed by atoms with Gasteiger partial charge in [0.1, 0.15) is 17.3 Å². The molecule has 0 amide bonds. The Bertz CT molecular complexity index is 609. The molecule has 2 rings (SSSR count). The van der Waals surface area contributed by atoms with E-state index in [1.165, 1.54) is 20.3 Å². The molecule has 0 aliphatic heterocycles. The lowest BCUT2D eigenvalue weighted by atomic mass is 9.99. The summed E-state index contributed by atoms with van der Waals surface area (Å²) in [4.78, 5) is 0. The summed E-state index contributed by atoms with van der Waals surface area (Å²) in [6.07, 6.45) is -0.804. The first kappa shape index (κ1) is 15.8. The van der Waals surface area contributed by atoms with Crippen molar-refractivity contribution in [3.05, 3.63) is 57.8 Å². The number of ether oxygens (including phenoxy) is 2. The fourth-order valence-electron chi connectivity index (χ4n) is 2.22. The summed E-state index contributed by atoms with van der Waals surface area (Å²) in [5.41, 5.74) is 0.937. The minimum absolute atomic E-state index is 0.127. The van der Waals surface area contributed by atoms with E-state index in [9.17, 15) is 9.50 Å². The molecule has 1 unspecified atom stereocenters. The van der Waals surface area contributed by atoms with E-state index in [2.05, 4.69) is 15.9 Å². The number of hydrogen-bond acceptors (Lipinski definition) is 3. The highest BCUT2D eigenvalue weighted by Gasteiger charge is 2.20. The van der Waals surface area contributed by atoms with E-state index in [4.69, 9.17) is 9.47 Å². The normalized spacial score (nSPS) is 12.0. The second-order valence-electron chi connectivity index (χ2n) is 4.53. The van der Waals surface area contributed by atoms with Crippen molar-refractivity contribution >= 4 is 15.9 Å². The van der Waals surface area contributed by atoms with Crippen molar-refractivity contribution < 1.29 is 19.0 Å². The van der Waals surface area contributed by atoms with Crippen molar-refractivity contribution in [1.82, 2.24) is 0 Å². The zero-order valence-corrected chi connectivity index (χ0v) is 13.4. The van der Waals surface area contributed by atoms with Gasteiger partial charge in [-0.05, 0) is 35.9 Å². The lowest BCUT2D eigenvalue weighted by Crippen LogP contribution is -2.07. The Hall–Kier alpha value is -1.59. The third kappa shape index (κ3) is 3.54. The number of aliphatic hydroxyl groups is 1. The Morgan fingerprint density at radius 3 is 2.33 bits per heavy atom. The van der Waals surface area contributed by atoms with Crippen molar-refractivity contribution in [3.63, 3.8) is 0 Å². The van der Waals surface area contributed by atoms with Crippen LogP contribution in [-0.2, 0) is 6.42 Å². The van der Waals surface area contributed by atoms with Gasteiger partial charge in [-0.25, -0.2) is 4.39 Å². The predicted octanol–water partition coefficient (Wildman–Crippen LogP) is 3.88. The largest absolute Gasteiger partial charge is 0.496 e. The van der Waals surface area contributed by atoms with Crippen LogP contribution in [0, 0.1) is 5.82 Å². The van der Waals surface area contributed by atoms with Gasteiger partial charge in [-0.15, -0.1) is 0 Å². The number of benzene rings is 2. The highest BCUT2D eigenvalue weighted by Crippen LogP contribution is 2.36. The maximum Gasteiger partial charge on any atom is 0.128 e. The lowest BCUT2D eigenvalue weighted by Gasteiger charge is -2.18. The van der Waals surface area contributed by atoms with Crippen molar-refractivity contribution in [2.75, 3.05) is 14.2 Å². The molecule has 0 aliphatic rings. The van der Waals surface area contributed by atoms with Crippen molar-refractivity contribution in [2.45, 2.75) is 12.5 Å². The van der Waals surface area contributed by atoms with Crippen LogP contribution in [0.25, 0.3) is 0 Å². The molecule has 0 aliphatic carbocycles. The highest BCUT2D eigenvalue weighted by molar-refractivity contribution is 9.10. The van der Waals surface area contributed by atoms with Crippen LogP contribution in [0.4, 0.5) is 4.39 Å². The fraction of sp³-hybridized carbons (Fsp3) is 0.250. The van der Waals surface area contributed by atoms with Crippen molar-refractivity contribution in [2.24, 2.45) is 0 Å². The van der Waals surface area contributed by atoms with Gasteiger partial charge in [0.05, 0.1) is 25.9 Å². The molecule has 5 heteroatoms. The molecule has 0 heterocycles. The van der Waals surface area contributed by atoms with Gasteiger partial charge in [-0.2, -0.15) is 0 Å². The molecule has 1 atom stereocenters. The van der Waals surface area contributed by atoms with E-state index < -0.39 is 6.10 Å². The number of methoxy groups -OCH3 is 2. The van der Waals surface area contributed by atoms with E-state index in [0.717, 1.165) is 4.47 Å². The molecule has 1 N–H and O–H groups in total. The fourth-order valence-corrected chi connectivity index (χ4v) is 2.63. The quantitative estimate of drug-likeness (QED) is 0.885. The van der Waals surface area contributed by atoms with Crippen LogP contribution in [0.2, 0.25) is 0 Å². The average Bonchev–Trinajstić information content (AvgIpc) is 2.49. The summed E-state index contributed by atoms with van der Waals surface area (Å²) in [6, 6.07) is 9.88. The van der Waals surface area contributed by atoms with Gasteiger partial charge >= 0.3 is 0 Å². The van der Waals surface area contributed by atoms with Crippen LogP contribution in [0.15, 0.2) is 40.9 Å². The Kier molecular flexibility index (Phi) is 5.20. The number of halogens is 2. The van der Waals surface area contributed by atoms with E-state index in [-0.39, 0.29) is 12.2 Å². The maximum absolute atomic E-state index is 13.8. The Morgan fingerprint density at radius 1 is 1.14 bits per heavy atom. The third-order valence-corrected chi connectivity index (χ3v) is 3.71. The van der Waals surface area contributed by atoms with Crippen molar-refractivity contribution in [1.29, 1.82) is 0 Å². The van der Waals surface area contributed by atoms with E-state index >= 15 is 0 Å². The molecule has 0 saturated heterocycles. The van der Waals surface area contributed by atoms with Gasteiger partial charge in [0, 0.05) is 10.9 Å². The minimum atomic E-state index is -0.931. The molecular weight excluding hydrogens is 339 g/mol. The highest BCUT2D eigenvalue weighted by atomic mass is 79.9. The first-order valence-corrected chi connectivity index (χ1v) is 7.19. The number of rotatable bonds is 5. The summed E-state index contributed by atoms with van der Waals surface area (Å²) >= 11 is 3.30. The van der Waals surface area contributed by atoms with Gasteiger partial charge in [0.25, 0.3) is 0 Å². The zero-order valence-electron chi connectivity index (χ0n) is 11.8. The topological polar surface area (TPSA) is 38.7 Å². The molecule has 112 valence electrons. The zero-order chi connectivity index (χ0) is 15.4. The molecule has 0 fully saturated rings. The average molecular weight is 355 g/mol. The summed E-state index contributed by atoms with van der Waals surface area (Å²) in [7, 11) is 3.04. The molecule has 2 aromatic rings. The Balaban J connectivity index is 2.36. The van der Waals surface area contributed by atoms with E-state index in [1.54, 1.807) is 30.3 Å². The van der Waals surface area contributed by atoms with Gasteiger partial charge in [-0.3, -0.25) is 0 Å². The van der Waals surface area contributed by atoms with Gasteiger partial charge in [0.15, 0.2) is 0 Å². The SMILES string of the molecule is COc1cccc(OC)c1C(O)Cc1cc(Br)ccc1F. The van der Waals surface area contributed by atoms with Crippen LogP contribution in [0.5, 0.6) is 11.5 Å². The van der Waals surface area contributed by atoms with Crippen LogP contribution in [-0.4, -0.2) is 19.3 Å². The molecular formula is C16H16BrFO3. The van der Waals surface area contributed by atoms with Gasteiger partial charge < -0.3 is 14.6 Å². The van der Waals surface area contributed by atoms with E-state index in [1.807, 2.05) is 0 Å². The smallest absolute Gasteiger partial charge is 0.128 e. The maximum atomic E-state index is 13.8. The van der Waals surface area contributed by atoms with Crippen LogP contribution < -0.4 is 9.47 Å². The van der Waals surface area contributed by atoms with Crippen molar-refractivity contribution in [3.8, 4) is 11.5 Å². The monoisotopic (exact) mass is 354 g/mol. The van der Waals surface area contributed by atoms with E-state index in [0.29, 0.717) is 22.6 Å². The summed E-state index contributed by atoms with van der Waals surface area (Å²) in [5, 5.41) is 10.5. The molecule has 0 saturated carbocycles. The van der Waals surface area contributed by atoms with Crippen LogP contribution >= 0.6 is 15.9 Å². The van der Waals surface area contributed by atoms with Gasteiger partial charge in [0.2, 0.25) is 0 Å². The summed E-state index contributed by atoms with van der Waals surface area (Å²) in [6.45, 7) is 0. The molecule has 0 aromatic heterocycles. The molecule has 0 radical (unpaired) electrons. The summed E-state index contributed by atoms with van der Waals surface area (Å²) in [5.74, 6) is 0.667. The molecule has 3 nitrogen and oxygen atoms in total. The lowest BCUT2D eigenvalue weighted by molar-refractivity contribution is 0.168. The van der Waals surface area contributed by atoms with Gasteiger partial charge in [-0.1, -0.05) is 22.0 Å². The molecule has 21 heavy (non-hydrogen) atoms. The summed E-state index contributed by atoms with van der Waals surface area (Å²) < 4.78 is 25.1. The van der Waals surface area contributed by atoms with Crippen LogP contribution in [0.3, 0.4) is 0 Å². The molecule has 0 spiro atoms. The second-order valence-corrected chi connectivity index (χ2v) is 5.45. The first-order valence-electron chi connectivity index (χ1n) is 6.39. The third-order valence-electron chi connectivity index (χ3n) is 3.22. The first-order chi connectivity index (χ1) is 10.1. The Morgan fingerprint density at radius 2 is 1.76 bits per heavy atom. The predicted molar refractivity (Wildman–Crippen MR) is 82.3 cm³/mol. The standard InChI is InChI=1S/C16H16BrFO3/c1-20-14-4-3-5-15(21-2)16(14)13(19)9-10-8-11(17)6-7-12(10)18/h3-8,13,19H,9H2,1-2H3. The minimum Gasteiger partial charge on any atom is -0.496 e. The molecule has 0 bridgehead atoms.